The van der Waals surface area contributed by atoms with E-state index in [0.29, 0.717) is 43.2 Å². The lowest BCUT2D eigenvalue weighted by Crippen LogP contribution is -2.02. The summed E-state index contributed by atoms with van der Waals surface area (Å²) in [4.78, 5) is 16.8. The van der Waals surface area contributed by atoms with Crippen LogP contribution in [0.3, 0.4) is 0 Å². The fourth-order valence-electron chi connectivity index (χ4n) is 2.70. The van der Waals surface area contributed by atoms with E-state index in [1.54, 1.807) is 41.8 Å². The molecule has 0 radical (unpaired) electrons. The van der Waals surface area contributed by atoms with Crippen molar-refractivity contribution in [3.05, 3.63) is 85.6 Å². The van der Waals surface area contributed by atoms with Gasteiger partial charge in [0.05, 0.1) is 11.3 Å². The summed E-state index contributed by atoms with van der Waals surface area (Å²) in [7, 11) is 0. The zero-order valence-corrected chi connectivity index (χ0v) is 17.0. The molecule has 0 amide bonds. The van der Waals surface area contributed by atoms with E-state index in [9.17, 15) is 10.1 Å². The van der Waals surface area contributed by atoms with Gasteiger partial charge in [0.25, 0.3) is 0 Å². The lowest BCUT2D eigenvalue weighted by atomic mass is 10.1. The van der Waals surface area contributed by atoms with E-state index in [1.165, 1.54) is 17.5 Å². The highest BCUT2D eigenvalue weighted by Gasteiger charge is 2.13. The van der Waals surface area contributed by atoms with E-state index in [2.05, 4.69) is 16.4 Å². The Morgan fingerprint density at radius 2 is 1.93 bits per heavy atom. The molecule has 8 heteroatoms. The number of hydrogen-bond donors (Lipinski definition) is 1. The van der Waals surface area contributed by atoms with Crippen LogP contribution in [0.2, 0.25) is 10.0 Å². The third-order valence-corrected chi connectivity index (χ3v) is 5.33. The third kappa shape index (κ3) is 4.17. The van der Waals surface area contributed by atoms with Gasteiger partial charge in [0, 0.05) is 32.7 Å². The molecule has 0 aliphatic rings. The molecule has 29 heavy (non-hydrogen) atoms. The normalized spacial score (nSPS) is 11.4. The van der Waals surface area contributed by atoms with Gasteiger partial charge in [-0.2, -0.15) is 5.26 Å². The Bertz CT molecular complexity index is 1330. The monoisotopic (exact) mass is 439 g/mol. The number of aromatic nitrogens is 1. The number of rotatable bonds is 4. The van der Waals surface area contributed by atoms with Gasteiger partial charge < -0.3 is 9.73 Å². The van der Waals surface area contributed by atoms with Crippen LogP contribution in [0, 0.1) is 11.3 Å². The fourth-order valence-corrected chi connectivity index (χ4v) is 4.01. The largest absolute Gasteiger partial charge is 0.422 e. The number of nitriles is 1. The number of fused-ring (bicyclic) bond motifs is 1. The van der Waals surface area contributed by atoms with E-state index in [4.69, 9.17) is 27.6 Å². The number of para-hydroxylation sites is 1. The van der Waals surface area contributed by atoms with Crippen LogP contribution >= 0.6 is 34.5 Å². The van der Waals surface area contributed by atoms with E-state index < -0.39 is 5.63 Å². The summed E-state index contributed by atoms with van der Waals surface area (Å²) < 4.78 is 5.36. The van der Waals surface area contributed by atoms with Crippen molar-refractivity contribution in [3.8, 4) is 17.3 Å². The zero-order chi connectivity index (χ0) is 20.4. The summed E-state index contributed by atoms with van der Waals surface area (Å²) in [6, 6.07) is 16.1. The fraction of sp³-hybridized carbons (Fsp3) is 0. The maximum Gasteiger partial charge on any atom is 0.345 e. The van der Waals surface area contributed by atoms with Crippen LogP contribution in [0.15, 0.2) is 69.3 Å². The standard InChI is InChI=1S/C21H11Cl2N3O2S/c22-14-6-15(23)8-16(7-14)25-10-13(9-24)20-26-18(11-29-20)17-5-12-3-1-2-4-19(12)28-21(17)27/h1-8,10-11,25H/b13-10+. The van der Waals surface area contributed by atoms with Crippen LogP contribution in [-0.4, -0.2) is 4.98 Å². The van der Waals surface area contributed by atoms with Crippen molar-refractivity contribution in [2.24, 2.45) is 0 Å². The molecule has 142 valence electrons. The summed E-state index contributed by atoms with van der Waals surface area (Å²) in [6.45, 7) is 0. The second-order valence-corrected chi connectivity index (χ2v) is 7.73. The van der Waals surface area contributed by atoms with E-state index in [1.807, 2.05) is 12.1 Å². The third-order valence-electron chi connectivity index (χ3n) is 4.02. The highest BCUT2D eigenvalue weighted by atomic mass is 35.5. The van der Waals surface area contributed by atoms with Gasteiger partial charge in [0.2, 0.25) is 0 Å². The molecule has 2 aromatic carbocycles. The lowest BCUT2D eigenvalue weighted by molar-refractivity contribution is 0.563. The highest BCUT2D eigenvalue weighted by molar-refractivity contribution is 7.11. The van der Waals surface area contributed by atoms with Gasteiger partial charge in [-0.25, -0.2) is 9.78 Å². The first-order valence-electron chi connectivity index (χ1n) is 8.35. The summed E-state index contributed by atoms with van der Waals surface area (Å²) >= 11 is 13.2. The summed E-state index contributed by atoms with van der Waals surface area (Å²) in [5, 5.41) is 16.5. The Morgan fingerprint density at radius 1 is 1.17 bits per heavy atom. The van der Waals surface area contributed by atoms with Crippen LogP contribution in [0.1, 0.15) is 5.01 Å². The summed E-state index contributed by atoms with van der Waals surface area (Å²) in [5.74, 6) is 0. The maximum atomic E-state index is 12.3. The molecule has 0 spiro atoms. The lowest BCUT2D eigenvalue weighted by Gasteiger charge is -2.03. The molecule has 2 aromatic heterocycles. The Hall–Kier alpha value is -3.11. The zero-order valence-electron chi connectivity index (χ0n) is 14.6. The number of halogens is 2. The molecule has 0 bridgehead atoms. The molecule has 0 aliphatic heterocycles. The van der Waals surface area contributed by atoms with Crippen molar-refractivity contribution in [1.82, 2.24) is 4.98 Å². The predicted molar refractivity (Wildman–Crippen MR) is 117 cm³/mol. The first kappa shape index (κ1) is 19.2. The van der Waals surface area contributed by atoms with Gasteiger partial charge in [-0.15, -0.1) is 11.3 Å². The first-order valence-corrected chi connectivity index (χ1v) is 9.99. The number of nitrogens with zero attached hydrogens (tertiary/aromatic N) is 2. The molecule has 0 atom stereocenters. The van der Waals surface area contributed by atoms with Crippen LogP contribution in [0.25, 0.3) is 27.8 Å². The number of hydrogen-bond acceptors (Lipinski definition) is 6. The molecule has 4 aromatic rings. The molecule has 0 fully saturated rings. The molecule has 4 rings (SSSR count). The van der Waals surface area contributed by atoms with Crippen molar-refractivity contribution >= 4 is 56.8 Å². The van der Waals surface area contributed by atoms with Gasteiger partial charge >= 0.3 is 5.63 Å². The van der Waals surface area contributed by atoms with Crippen molar-refractivity contribution in [2.75, 3.05) is 5.32 Å². The highest BCUT2D eigenvalue weighted by Crippen LogP contribution is 2.27. The second-order valence-electron chi connectivity index (χ2n) is 6.00. The summed E-state index contributed by atoms with van der Waals surface area (Å²) in [5.41, 5.74) is 1.78. The minimum Gasteiger partial charge on any atom is -0.422 e. The first-order chi connectivity index (χ1) is 14.0. The molecular formula is C21H11Cl2N3O2S. The molecule has 0 unspecified atom stereocenters. The smallest absolute Gasteiger partial charge is 0.345 e. The molecule has 0 saturated carbocycles. The Kier molecular flexibility index (Phi) is 5.36. The minimum absolute atomic E-state index is 0.308. The Balaban J connectivity index is 1.66. The molecular weight excluding hydrogens is 429 g/mol. The average Bonchev–Trinajstić information content (AvgIpc) is 3.17. The van der Waals surface area contributed by atoms with E-state index in [-0.39, 0.29) is 0 Å². The van der Waals surface area contributed by atoms with Gasteiger partial charge in [0.1, 0.15) is 22.2 Å². The van der Waals surface area contributed by atoms with Crippen molar-refractivity contribution in [3.63, 3.8) is 0 Å². The second kappa shape index (κ2) is 8.10. The van der Waals surface area contributed by atoms with Crippen molar-refractivity contribution in [2.45, 2.75) is 0 Å². The van der Waals surface area contributed by atoms with Crippen molar-refractivity contribution < 1.29 is 4.42 Å². The minimum atomic E-state index is -0.477. The van der Waals surface area contributed by atoms with Gasteiger partial charge in [-0.3, -0.25) is 0 Å². The van der Waals surface area contributed by atoms with Crippen LogP contribution in [0.4, 0.5) is 5.69 Å². The Morgan fingerprint density at radius 3 is 2.69 bits per heavy atom. The van der Waals surface area contributed by atoms with Crippen LogP contribution in [0.5, 0.6) is 0 Å². The van der Waals surface area contributed by atoms with Gasteiger partial charge in [-0.05, 0) is 30.3 Å². The predicted octanol–water partition coefficient (Wildman–Crippen LogP) is 6.20. The number of thiazole rings is 1. The van der Waals surface area contributed by atoms with Crippen molar-refractivity contribution in [1.29, 1.82) is 5.26 Å². The van der Waals surface area contributed by atoms with E-state index >= 15 is 0 Å². The number of anilines is 1. The average molecular weight is 440 g/mol. The molecule has 2 heterocycles. The van der Waals surface area contributed by atoms with E-state index in [0.717, 1.165) is 5.39 Å². The molecule has 5 nitrogen and oxygen atoms in total. The molecule has 0 saturated heterocycles. The van der Waals surface area contributed by atoms with Crippen LogP contribution in [-0.2, 0) is 0 Å². The Labute approximate surface area is 179 Å². The summed E-state index contributed by atoms with van der Waals surface area (Å²) in [6.07, 6.45) is 1.52. The SMILES string of the molecule is N#C/C(=C\Nc1cc(Cl)cc(Cl)c1)c1nc(-c2cc3ccccc3oc2=O)cs1. The molecule has 1 N–H and O–H groups in total. The quantitative estimate of drug-likeness (QED) is 0.302. The van der Waals surface area contributed by atoms with Gasteiger partial charge in [-0.1, -0.05) is 41.4 Å². The maximum absolute atomic E-state index is 12.3. The number of allylic oxidation sites excluding steroid dienone is 1. The van der Waals surface area contributed by atoms with Crippen LogP contribution < -0.4 is 10.9 Å². The number of nitrogens with one attached hydrogen (secondary N) is 1. The topological polar surface area (TPSA) is 78.9 Å². The molecule has 0 aliphatic carbocycles. The number of benzene rings is 2. The van der Waals surface area contributed by atoms with Gasteiger partial charge in [0.15, 0.2) is 0 Å².